The number of benzene rings is 2. The van der Waals surface area contributed by atoms with E-state index in [1.165, 1.54) is 0 Å². The van der Waals surface area contributed by atoms with E-state index in [0.29, 0.717) is 66.3 Å². The van der Waals surface area contributed by atoms with Crippen LogP contribution in [0.3, 0.4) is 0 Å². The minimum absolute atomic E-state index is 0.109. The maximum absolute atomic E-state index is 12.3. The van der Waals surface area contributed by atoms with Gasteiger partial charge in [-0.25, -0.2) is 4.79 Å². The van der Waals surface area contributed by atoms with Crippen LogP contribution in [0.4, 0.5) is 16.2 Å². The Morgan fingerprint density at radius 3 is 2.34 bits per heavy atom. The Hall–Kier alpha value is -2.72. The summed E-state index contributed by atoms with van der Waals surface area (Å²) in [6.45, 7) is 3.75. The molecule has 0 saturated carbocycles. The zero-order chi connectivity index (χ0) is 23.1. The number of hydrazine groups is 1. The highest BCUT2D eigenvalue weighted by molar-refractivity contribution is 6.34. The molecule has 0 bridgehead atoms. The van der Waals surface area contributed by atoms with Crippen LogP contribution in [0.2, 0.25) is 10.0 Å². The highest BCUT2D eigenvalue weighted by Crippen LogP contribution is 2.20. The van der Waals surface area contributed by atoms with Crippen LogP contribution in [0.25, 0.3) is 0 Å². The number of nitrogens with two attached hydrogens (primary N) is 2. The first-order chi connectivity index (χ1) is 15.4. The third kappa shape index (κ3) is 6.64. The second kappa shape index (κ2) is 11.2. The summed E-state index contributed by atoms with van der Waals surface area (Å²) < 4.78 is 5.37. The van der Waals surface area contributed by atoms with Crippen LogP contribution in [0, 0.1) is 0 Å². The maximum atomic E-state index is 12.3. The predicted octanol–water partition coefficient (Wildman–Crippen LogP) is 2.55. The average Bonchev–Trinajstić information content (AvgIpc) is 2.77. The number of hydrogen-bond acceptors (Lipinski definition) is 7. The Morgan fingerprint density at radius 2 is 1.72 bits per heavy atom. The monoisotopic (exact) mass is 480 g/mol. The number of carbonyl (C=O) groups excluding carboxylic acids is 2. The molecule has 9 nitrogen and oxygen atoms in total. The smallest absolute Gasteiger partial charge is 0.410 e. The van der Waals surface area contributed by atoms with Crippen molar-refractivity contribution in [3.63, 3.8) is 0 Å². The summed E-state index contributed by atoms with van der Waals surface area (Å²) in [5.74, 6) is 5.14. The molecular formula is C21H26Cl2N6O3. The number of hydrogen-bond donors (Lipinski definition) is 4. The Kier molecular flexibility index (Phi) is 8.40. The van der Waals surface area contributed by atoms with Crippen molar-refractivity contribution >= 4 is 46.6 Å². The van der Waals surface area contributed by atoms with E-state index in [-0.39, 0.29) is 18.6 Å². The van der Waals surface area contributed by atoms with E-state index in [0.717, 1.165) is 5.56 Å². The number of nitrogen functional groups attached to an aromatic ring is 2. The van der Waals surface area contributed by atoms with E-state index in [1.54, 1.807) is 41.3 Å². The number of halogens is 2. The van der Waals surface area contributed by atoms with E-state index >= 15 is 0 Å². The van der Waals surface area contributed by atoms with Gasteiger partial charge >= 0.3 is 6.09 Å². The molecule has 0 atom stereocenters. The van der Waals surface area contributed by atoms with Crippen LogP contribution >= 0.6 is 23.2 Å². The minimum Gasteiger partial charge on any atom is -0.445 e. The number of ether oxygens (including phenoxy) is 1. The van der Waals surface area contributed by atoms with Gasteiger partial charge in [-0.2, -0.15) is 0 Å². The number of amides is 2. The summed E-state index contributed by atoms with van der Waals surface area (Å²) in [4.78, 5) is 28.4. The van der Waals surface area contributed by atoms with Gasteiger partial charge in [0.15, 0.2) is 0 Å². The van der Waals surface area contributed by atoms with E-state index in [9.17, 15) is 9.59 Å². The van der Waals surface area contributed by atoms with E-state index in [4.69, 9.17) is 39.5 Å². The molecule has 0 aliphatic carbocycles. The summed E-state index contributed by atoms with van der Waals surface area (Å²) in [6.07, 6.45) is -0.373. The average molecular weight is 481 g/mol. The number of nitrogens with one attached hydrogen (secondary N) is 2. The molecule has 32 heavy (non-hydrogen) atoms. The molecule has 1 aliphatic rings. The highest BCUT2D eigenvalue weighted by atomic mass is 35.5. The molecule has 1 fully saturated rings. The lowest BCUT2D eigenvalue weighted by molar-refractivity contribution is 0.0716. The first kappa shape index (κ1) is 23.9. The van der Waals surface area contributed by atoms with Crippen molar-refractivity contribution in [2.45, 2.75) is 6.61 Å². The first-order valence-electron chi connectivity index (χ1n) is 10.1. The van der Waals surface area contributed by atoms with Gasteiger partial charge in [0, 0.05) is 54.9 Å². The van der Waals surface area contributed by atoms with Crippen molar-refractivity contribution in [1.82, 2.24) is 15.1 Å². The van der Waals surface area contributed by atoms with Crippen molar-refractivity contribution in [2.24, 2.45) is 5.84 Å². The number of piperazine rings is 1. The van der Waals surface area contributed by atoms with Gasteiger partial charge in [0.25, 0.3) is 5.91 Å². The lowest BCUT2D eigenvalue weighted by Gasteiger charge is -2.34. The van der Waals surface area contributed by atoms with Crippen LogP contribution in [0.5, 0.6) is 0 Å². The molecule has 2 aromatic rings. The fourth-order valence-electron chi connectivity index (χ4n) is 3.35. The number of nitrogens with zero attached hydrogens (tertiary/aromatic N) is 2. The van der Waals surface area contributed by atoms with Gasteiger partial charge in [-0.15, -0.1) is 0 Å². The molecular weight excluding hydrogens is 455 g/mol. The van der Waals surface area contributed by atoms with Gasteiger partial charge in [0.05, 0.1) is 11.4 Å². The minimum atomic E-state index is -0.373. The summed E-state index contributed by atoms with van der Waals surface area (Å²) in [6, 6.07) is 9.94. The van der Waals surface area contributed by atoms with Crippen LogP contribution in [-0.4, -0.2) is 61.1 Å². The molecule has 2 aromatic carbocycles. The zero-order valence-electron chi connectivity index (χ0n) is 17.4. The van der Waals surface area contributed by atoms with Crippen molar-refractivity contribution in [3.05, 3.63) is 57.6 Å². The van der Waals surface area contributed by atoms with Gasteiger partial charge in [0.2, 0.25) is 0 Å². The fourth-order valence-corrected chi connectivity index (χ4v) is 3.92. The third-order valence-electron chi connectivity index (χ3n) is 5.10. The summed E-state index contributed by atoms with van der Waals surface area (Å²) >= 11 is 11.9. The normalized spacial score (nSPS) is 14.2. The molecule has 1 saturated heterocycles. The fraction of sp³-hybridized carbons (Fsp3) is 0.333. The Morgan fingerprint density at radius 1 is 1.03 bits per heavy atom. The van der Waals surface area contributed by atoms with Crippen LogP contribution in [-0.2, 0) is 11.3 Å². The molecule has 1 aliphatic heterocycles. The van der Waals surface area contributed by atoms with Crippen LogP contribution in [0.1, 0.15) is 15.9 Å². The van der Waals surface area contributed by atoms with Crippen molar-refractivity contribution in [1.29, 1.82) is 0 Å². The number of carbonyl (C=O) groups is 2. The SMILES string of the molecule is NNc1ccc(C(=O)NCCN2CCN(C(=O)OCc3cc(Cl)cc(Cl)c3)CC2)cc1N. The maximum Gasteiger partial charge on any atom is 0.410 e. The second-order valence-electron chi connectivity index (χ2n) is 7.36. The van der Waals surface area contributed by atoms with Gasteiger partial charge in [-0.3, -0.25) is 15.5 Å². The van der Waals surface area contributed by atoms with Crippen LogP contribution < -0.4 is 22.3 Å². The molecule has 3 rings (SSSR count). The lowest BCUT2D eigenvalue weighted by Crippen LogP contribution is -2.50. The molecule has 11 heteroatoms. The molecule has 0 unspecified atom stereocenters. The van der Waals surface area contributed by atoms with Crippen molar-refractivity contribution in [3.8, 4) is 0 Å². The van der Waals surface area contributed by atoms with Gasteiger partial charge in [-0.1, -0.05) is 23.2 Å². The summed E-state index contributed by atoms with van der Waals surface area (Å²) in [5, 5.41) is 3.87. The summed E-state index contributed by atoms with van der Waals surface area (Å²) in [7, 11) is 0. The molecule has 0 spiro atoms. The summed E-state index contributed by atoms with van der Waals surface area (Å²) in [5.41, 5.74) is 10.5. The van der Waals surface area contributed by atoms with E-state index in [2.05, 4.69) is 15.6 Å². The molecule has 1 heterocycles. The van der Waals surface area contributed by atoms with E-state index in [1.807, 2.05) is 0 Å². The Balaban J connectivity index is 1.36. The quantitative estimate of drug-likeness (QED) is 0.272. The standard InChI is InChI=1S/C21H26Cl2N6O3/c22-16-9-14(10-17(23)12-16)13-32-21(31)29-7-5-28(6-8-29)4-3-26-20(30)15-1-2-19(27-25)18(24)11-15/h1-2,9-12,27H,3-8,13,24-25H2,(H,26,30). The Labute approximate surface area is 196 Å². The predicted molar refractivity (Wildman–Crippen MR) is 126 cm³/mol. The van der Waals surface area contributed by atoms with Gasteiger partial charge in [-0.05, 0) is 42.0 Å². The van der Waals surface area contributed by atoms with Gasteiger partial charge in [0.1, 0.15) is 6.61 Å². The molecule has 172 valence electrons. The highest BCUT2D eigenvalue weighted by Gasteiger charge is 2.22. The molecule has 2 amide bonds. The topological polar surface area (TPSA) is 126 Å². The third-order valence-corrected chi connectivity index (χ3v) is 5.53. The lowest BCUT2D eigenvalue weighted by atomic mass is 10.1. The first-order valence-corrected chi connectivity index (χ1v) is 10.8. The zero-order valence-corrected chi connectivity index (χ0v) is 19.0. The molecule has 6 N–H and O–H groups in total. The molecule has 0 aromatic heterocycles. The number of rotatable bonds is 7. The van der Waals surface area contributed by atoms with Crippen LogP contribution in [0.15, 0.2) is 36.4 Å². The Bertz CT molecular complexity index is 946. The second-order valence-corrected chi connectivity index (χ2v) is 8.24. The van der Waals surface area contributed by atoms with E-state index < -0.39 is 0 Å². The number of anilines is 2. The van der Waals surface area contributed by atoms with Crippen molar-refractivity contribution in [2.75, 3.05) is 50.4 Å². The molecule has 0 radical (unpaired) electrons. The van der Waals surface area contributed by atoms with Crippen molar-refractivity contribution < 1.29 is 14.3 Å². The largest absolute Gasteiger partial charge is 0.445 e. The van der Waals surface area contributed by atoms with Gasteiger partial charge < -0.3 is 26.1 Å².